The molecule has 8 nitrogen and oxygen atoms in total. The predicted octanol–water partition coefficient (Wildman–Crippen LogP) is 3.73. The fourth-order valence-electron chi connectivity index (χ4n) is 3.80. The first-order valence-electron chi connectivity index (χ1n) is 9.95. The van der Waals surface area contributed by atoms with Crippen LogP contribution in [0.2, 0.25) is 0 Å². The minimum Gasteiger partial charge on any atom is -0.361 e. The molecule has 3 aromatic rings. The largest absolute Gasteiger partial charge is 0.361 e. The van der Waals surface area contributed by atoms with Crippen molar-refractivity contribution in [3.05, 3.63) is 64.6 Å². The number of halogens is 1. The number of amides is 3. The number of aromatic nitrogens is 3. The van der Waals surface area contributed by atoms with Gasteiger partial charge < -0.3 is 9.42 Å². The summed E-state index contributed by atoms with van der Waals surface area (Å²) in [6.07, 6.45) is 3.11. The molecule has 162 valence electrons. The predicted molar refractivity (Wildman–Crippen MR) is 111 cm³/mol. The highest BCUT2D eigenvalue weighted by Gasteiger charge is 2.52. The van der Waals surface area contributed by atoms with Crippen molar-refractivity contribution in [1.29, 1.82) is 0 Å². The molecule has 1 fully saturated rings. The van der Waals surface area contributed by atoms with Crippen LogP contribution in [0.4, 0.5) is 14.9 Å². The van der Waals surface area contributed by atoms with Gasteiger partial charge in [0.25, 0.3) is 5.91 Å². The molecule has 1 aliphatic rings. The Labute approximate surface area is 179 Å². The van der Waals surface area contributed by atoms with Crippen molar-refractivity contribution in [2.45, 2.75) is 53.2 Å². The Morgan fingerprint density at radius 2 is 1.84 bits per heavy atom. The van der Waals surface area contributed by atoms with Gasteiger partial charge >= 0.3 is 6.03 Å². The Morgan fingerprint density at radius 3 is 2.48 bits per heavy atom. The third kappa shape index (κ3) is 3.39. The molecule has 1 aromatic carbocycles. The van der Waals surface area contributed by atoms with Crippen molar-refractivity contribution in [2.24, 2.45) is 0 Å². The first kappa shape index (κ1) is 20.8. The number of anilines is 1. The average Bonchev–Trinajstić information content (AvgIpc) is 3.33. The van der Waals surface area contributed by atoms with Crippen LogP contribution in [0.3, 0.4) is 0 Å². The summed E-state index contributed by atoms with van der Waals surface area (Å²) in [5.74, 6) is -0.0967. The summed E-state index contributed by atoms with van der Waals surface area (Å²) in [5, 5.41) is 8.23. The lowest BCUT2D eigenvalue weighted by atomic mass is 10.0. The lowest BCUT2D eigenvalue weighted by molar-refractivity contribution is -0.123. The molecule has 0 unspecified atom stereocenters. The number of hydrogen-bond acceptors (Lipinski definition) is 5. The van der Waals surface area contributed by atoms with Crippen LogP contribution in [0.1, 0.15) is 42.0 Å². The zero-order valence-electron chi connectivity index (χ0n) is 18.1. The van der Waals surface area contributed by atoms with Gasteiger partial charge in [-0.05, 0) is 46.2 Å². The quantitative estimate of drug-likeness (QED) is 0.582. The average molecular weight is 425 g/mol. The van der Waals surface area contributed by atoms with E-state index in [1.54, 1.807) is 43.8 Å². The second-order valence-electron chi connectivity index (χ2n) is 8.30. The molecule has 0 N–H and O–H groups in total. The molecule has 4 rings (SSSR count). The van der Waals surface area contributed by atoms with Crippen LogP contribution in [0.5, 0.6) is 0 Å². The summed E-state index contributed by atoms with van der Waals surface area (Å²) in [6, 6.07) is 4.25. The number of aryl methyl sites for hydroxylation is 3. The summed E-state index contributed by atoms with van der Waals surface area (Å²) < 4.78 is 21.2. The topological polar surface area (TPSA) is 84.5 Å². The number of rotatable bonds is 5. The van der Waals surface area contributed by atoms with Gasteiger partial charge in [0.05, 0.1) is 30.7 Å². The van der Waals surface area contributed by atoms with Gasteiger partial charge in [-0.1, -0.05) is 17.3 Å². The Kier molecular flexibility index (Phi) is 4.91. The van der Waals surface area contributed by atoms with Gasteiger partial charge in [0.15, 0.2) is 0 Å². The lowest BCUT2D eigenvalue weighted by Gasteiger charge is -2.28. The third-order valence-electron chi connectivity index (χ3n) is 5.87. The van der Waals surface area contributed by atoms with Gasteiger partial charge in [-0.3, -0.25) is 9.48 Å². The van der Waals surface area contributed by atoms with E-state index < -0.39 is 17.4 Å². The van der Waals surface area contributed by atoms with Crippen molar-refractivity contribution >= 4 is 17.6 Å². The molecule has 2 aromatic heterocycles. The molecule has 0 radical (unpaired) electrons. The van der Waals surface area contributed by atoms with Crippen LogP contribution in [0.15, 0.2) is 35.1 Å². The van der Waals surface area contributed by atoms with Crippen molar-refractivity contribution in [1.82, 2.24) is 19.8 Å². The molecular formula is C22H24FN5O3. The van der Waals surface area contributed by atoms with Crippen LogP contribution in [0.25, 0.3) is 0 Å². The number of urea groups is 1. The first-order chi connectivity index (χ1) is 14.6. The van der Waals surface area contributed by atoms with Crippen LogP contribution in [0, 0.1) is 26.6 Å². The number of nitrogens with zero attached hydrogens (tertiary/aromatic N) is 5. The van der Waals surface area contributed by atoms with Gasteiger partial charge in [-0.15, -0.1) is 0 Å². The van der Waals surface area contributed by atoms with Crippen molar-refractivity contribution in [3.63, 3.8) is 0 Å². The molecule has 1 saturated heterocycles. The molecule has 0 bridgehead atoms. The minimum absolute atomic E-state index is 0.000203. The van der Waals surface area contributed by atoms with E-state index in [0.29, 0.717) is 23.6 Å². The number of carbonyl (C=O) groups excluding carboxylic acids is 2. The van der Waals surface area contributed by atoms with Gasteiger partial charge in [-0.2, -0.15) is 5.10 Å². The zero-order valence-corrected chi connectivity index (χ0v) is 18.1. The highest BCUT2D eigenvalue weighted by Crippen LogP contribution is 2.34. The molecular weight excluding hydrogens is 401 g/mol. The van der Waals surface area contributed by atoms with Gasteiger partial charge in [0, 0.05) is 17.3 Å². The highest BCUT2D eigenvalue weighted by atomic mass is 19.1. The van der Waals surface area contributed by atoms with Crippen LogP contribution >= 0.6 is 0 Å². The maximum atomic E-state index is 14.4. The summed E-state index contributed by atoms with van der Waals surface area (Å²) in [7, 11) is 0. The Bertz CT molecular complexity index is 1140. The highest BCUT2D eigenvalue weighted by molar-refractivity contribution is 6.22. The van der Waals surface area contributed by atoms with Gasteiger partial charge in [-0.25, -0.2) is 14.1 Å². The van der Waals surface area contributed by atoms with Gasteiger partial charge in [0.1, 0.15) is 17.1 Å². The Hall–Kier alpha value is -3.49. The van der Waals surface area contributed by atoms with E-state index >= 15 is 0 Å². The molecule has 31 heavy (non-hydrogen) atoms. The van der Waals surface area contributed by atoms with E-state index in [-0.39, 0.29) is 12.5 Å². The molecule has 3 amide bonds. The lowest BCUT2D eigenvalue weighted by Crippen LogP contribution is -2.44. The SMILES string of the molecule is Cc1cccc(F)c1CN1C(=O)N(c2cnn(Cc3c(C)noc3C)c2)C(=O)C1(C)C. The molecule has 0 saturated carbocycles. The second-order valence-corrected chi connectivity index (χ2v) is 8.30. The summed E-state index contributed by atoms with van der Waals surface area (Å²) >= 11 is 0. The summed E-state index contributed by atoms with van der Waals surface area (Å²) in [6.45, 7) is 9.17. The van der Waals surface area contributed by atoms with Crippen LogP contribution in [-0.2, 0) is 17.9 Å². The minimum atomic E-state index is -1.13. The molecule has 0 atom stereocenters. The van der Waals surface area contributed by atoms with Crippen molar-refractivity contribution in [2.75, 3.05) is 4.90 Å². The molecule has 3 heterocycles. The van der Waals surface area contributed by atoms with E-state index in [4.69, 9.17) is 4.52 Å². The third-order valence-corrected chi connectivity index (χ3v) is 5.87. The number of carbonyl (C=O) groups is 2. The number of benzene rings is 1. The number of hydrogen-bond donors (Lipinski definition) is 0. The van der Waals surface area contributed by atoms with Gasteiger partial charge in [0.2, 0.25) is 0 Å². The Morgan fingerprint density at radius 1 is 1.10 bits per heavy atom. The molecule has 9 heteroatoms. The fraction of sp³-hybridized carbons (Fsp3) is 0.364. The fourth-order valence-corrected chi connectivity index (χ4v) is 3.80. The van der Waals surface area contributed by atoms with Crippen molar-refractivity contribution < 1.29 is 18.5 Å². The molecule has 1 aliphatic heterocycles. The monoisotopic (exact) mass is 425 g/mol. The normalized spacial score (nSPS) is 15.9. The number of imide groups is 1. The molecule has 0 aliphatic carbocycles. The second kappa shape index (κ2) is 7.33. The smallest absolute Gasteiger partial charge is 0.332 e. The van der Waals surface area contributed by atoms with E-state index in [0.717, 1.165) is 21.7 Å². The summed E-state index contributed by atoms with van der Waals surface area (Å²) in [4.78, 5) is 28.9. The maximum absolute atomic E-state index is 14.4. The van der Waals surface area contributed by atoms with E-state index in [2.05, 4.69) is 10.3 Å². The van der Waals surface area contributed by atoms with Crippen LogP contribution in [-0.4, -0.2) is 37.3 Å². The van der Waals surface area contributed by atoms with Crippen LogP contribution < -0.4 is 4.90 Å². The van der Waals surface area contributed by atoms with Crippen molar-refractivity contribution in [3.8, 4) is 0 Å². The molecule has 0 spiro atoms. The standard InChI is InChI=1S/C22H24FN5O3/c1-13-7-6-8-19(23)17(13)12-27-21(30)28(20(29)22(27,4)5)16-9-24-26(10-16)11-18-14(2)25-31-15(18)3/h6-10H,11-12H2,1-5H3. The first-order valence-corrected chi connectivity index (χ1v) is 9.95. The zero-order chi connectivity index (χ0) is 22.5. The van der Waals surface area contributed by atoms with E-state index in [9.17, 15) is 14.0 Å². The van der Waals surface area contributed by atoms with E-state index in [1.807, 2.05) is 13.8 Å². The Balaban J connectivity index is 1.62. The maximum Gasteiger partial charge on any atom is 0.332 e. The van der Waals surface area contributed by atoms with E-state index in [1.165, 1.54) is 17.2 Å². The summed E-state index contributed by atoms with van der Waals surface area (Å²) in [5.41, 5.74) is 2.01.